The molecule has 1 N–H and O–H groups in total. The van der Waals surface area contributed by atoms with Crippen LogP contribution in [0.25, 0.3) is 0 Å². The second-order valence-electron chi connectivity index (χ2n) is 7.30. The first kappa shape index (κ1) is 20.7. The van der Waals surface area contributed by atoms with Crippen molar-refractivity contribution >= 4 is 17.5 Å². The Labute approximate surface area is 172 Å². The third-order valence-corrected chi connectivity index (χ3v) is 5.07. The van der Waals surface area contributed by atoms with Gasteiger partial charge in [0, 0.05) is 32.4 Å². The normalized spacial score (nSPS) is 13.6. The van der Waals surface area contributed by atoms with Crippen molar-refractivity contribution in [1.29, 1.82) is 0 Å². The molecule has 0 aromatic heterocycles. The van der Waals surface area contributed by atoms with Crippen molar-refractivity contribution in [3.05, 3.63) is 60.2 Å². The van der Waals surface area contributed by atoms with E-state index in [2.05, 4.69) is 22.3 Å². The second-order valence-corrected chi connectivity index (χ2v) is 7.30. The minimum atomic E-state index is -0.315. The molecule has 1 heterocycles. The van der Waals surface area contributed by atoms with Crippen molar-refractivity contribution in [3.8, 4) is 5.75 Å². The van der Waals surface area contributed by atoms with Gasteiger partial charge in [-0.2, -0.15) is 0 Å². The van der Waals surface area contributed by atoms with Gasteiger partial charge in [-0.05, 0) is 43.0 Å². The highest BCUT2D eigenvalue weighted by atomic mass is 16.5. The maximum atomic E-state index is 12.5. The number of hydrogen-bond acceptors (Lipinski definition) is 4. The molecule has 6 heteroatoms. The first-order valence-corrected chi connectivity index (χ1v) is 10.1. The number of benzene rings is 2. The van der Waals surface area contributed by atoms with Crippen molar-refractivity contribution in [2.45, 2.75) is 25.8 Å². The molecule has 29 heavy (non-hydrogen) atoms. The molecule has 2 aromatic carbocycles. The molecule has 154 valence electrons. The lowest BCUT2D eigenvalue weighted by Crippen LogP contribution is -2.40. The Morgan fingerprint density at radius 3 is 2.45 bits per heavy atom. The fraction of sp³-hybridized carbons (Fsp3) is 0.391. The lowest BCUT2D eigenvalue weighted by Gasteiger charge is -2.31. The van der Waals surface area contributed by atoms with Gasteiger partial charge in [0.05, 0.1) is 6.54 Å². The number of nitrogens with one attached hydrogen (secondary N) is 1. The molecule has 0 unspecified atom stereocenters. The molecule has 0 radical (unpaired) electrons. The van der Waals surface area contributed by atoms with E-state index in [0.717, 1.165) is 18.7 Å². The van der Waals surface area contributed by atoms with Crippen LogP contribution in [0.15, 0.2) is 54.6 Å². The summed E-state index contributed by atoms with van der Waals surface area (Å²) in [6.07, 6.45) is 3.70. The van der Waals surface area contributed by atoms with E-state index in [1.165, 1.54) is 24.9 Å². The van der Waals surface area contributed by atoms with Gasteiger partial charge >= 0.3 is 0 Å². The van der Waals surface area contributed by atoms with Crippen molar-refractivity contribution in [1.82, 2.24) is 10.2 Å². The number of carbonyl (C=O) groups is 2. The van der Waals surface area contributed by atoms with Gasteiger partial charge in [-0.25, -0.2) is 0 Å². The fourth-order valence-electron chi connectivity index (χ4n) is 3.46. The van der Waals surface area contributed by atoms with Gasteiger partial charge < -0.3 is 19.9 Å². The van der Waals surface area contributed by atoms with Gasteiger partial charge in [0.2, 0.25) is 5.91 Å². The Hall–Kier alpha value is -3.02. The van der Waals surface area contributed by atoms with Crippen LogP contribution in [-0.4, -0.2) is 50.0 Å². The highest BCUT2D eigenvalue weighted by molar-refractivity contribution is 5.85. The van der Waals surface area contributed by atoms with E-state index >= 15 is 0 Å². The lowest BCUT2D eigenvalue weighted by atomic mass is 10.1. The van der Waals surface area contributed by atoms with Gasteiger partial charge in [-0.3, -0.25) is 9.59 Å². The van der Waals surface area contributed by atoms with E-state index in [-0.39, 0.29) is 25.0 Å². The van der Waals surface area contributed by atoms with Crippen LogP contribution in [0.2, 0.25) is 0 Å². The number of anilines is 1. The number of para-hydroxylation sites is 2. The maximum Gasteiger partial charge on any atom is 0.258 e. The molecule has 1 saturated heterocycles. The van der Waals surface area contributed by atoms with Gasteiger partial charge in [0.1, 0.15) is 5.75 Å². The first-order chi connectivity index (χ1) is 14.1. The highest BCUT2D eigenvalue weighted by Crippen LogP contribution is 2.25. The van der Waals surface area contributed by atoms with Gasteiger partial charge in [0.25, 0.3) is 5.91 Å². The Balaban J connectivity index is 1.47. The average Bonchev–Trinajstić information content (AvgIpc) is 2.77. The van der Waals surface area contributed by atoms with E-state index < -0.39 is 0 Å². The highest BCUT2D eigenvalue weighted by Gasteiger charge is 2.17. The molecule has 0 spiro atoms. The van der Waals surface area contributed by atoms with Crippen LogP contribution in [0.5, 0.6) is 5.75 Å². The van der Waals surface area contributed by atoms with E-state index in [1.54, 1.807) is 24.1 Å². The van der Waals surface area contributed by atoms with Crippen LogP contribution in [-0.2, 0) is 16.1 Å². The summed E-state index contributed by atoms with van der Waals surface area (Å²) >= 11 is 0. The largest absolute Gasteiger partial charge is 0.484 e. The zero-order valence-electron chi connectivity index (χ0n) is 17.0. The molecular weight excluding hydrogens is 366 g/mol. The van der Waals surface area contributed by atoms with Gasteiger partial charge in [0.15, 0.2) is 6.61 Å². The predicted octanol–water partition coefficient (Wildman–Crippen LogP) is 2.83. The third kappa shape index (κ3) is 6.24. The molecule has 6 nitrogen and oxygen atoms in total. The Morgan fingerprint density at radius 2 is 1.69 bits per heavy atom. The summed E-state index contributed by atoms with van der Waals surface area (Å²) < 4.78 is 5.40. The van der Waals surface area contributed by atoms with E-state index in [0.29, 0.717) is 12.3 Å². The molecule has 2 amide bonds. The number of likely N-dealkylation sites (N-methyl/N-ethyl adjacent to an activating group) is 1. The maximum absolute atomic E-state index is 12.5. The number of ether oxygens (including phenoxy) is 1. The summed E-state index contributed by atoms with van der Waals surface area (Å²) in [6, 6.07) is 17.4. The van der Waals surface area contributed by atoms with E-state index in [9.17, 15) is 9.59 Å². The summed E-state index contributed by atoms with van der Waals surface area (Å²) in [7, 11) is 1.77. The smallest absolute Gasteiger partial charge is 0.258 e. The minimum absolute atomic E-state index is 0.0423. The molecule has 0 atom stereocenters. The van der Waals surface area contributed by atoms with Crippen LogP contribution in [0.3, 0.4) is 0 Å². The zero-order chi connectivity index (χ0) is 20.5. The van der Waals surface area contributed by atoms with Crippen LogP contribution in [0, 0.1) is 0 Å². The molecule has 3 rings (SSSR count). The van der Waals surface area contributed by atoms with Crippen LogP contribution in [0.1, 0.15) is 24.8 Å². The van der Waals surface area contributed by atoms with Crippen LogP contribution >= 0.6 is 0 Å². The molecule has 0 aliphatic carbocycles. The van der Waals surface area contributed by atoms with E-state index in [4.69, 9.17) is 4.74 Å². The molecule has 0 saturated carbocycles. The topological polar surface area (TPSA) is 61.9 Å². The Morgan fingerprint density at radius 1 is 1.00 bits per heavy atom. The number of piperidine rings is 1. The van der Waals surface area contributed by atoms with Gasteiger partial charge in [-0.15, -0.1) is 0 Å². The standard InChI is InChI=1S/C23H29N3O3/c1-25(17-19-10-6-7-13-21(19)26-14-8-3-9-15-26)23(28)16-24-22(27)18-29-20-11-4-2-5-12-20/h2,4-7,10-13H,3,8-9,14-18H2,1H3,(H,24,27). The Kier molecular flexibility index (Phi) is 7.50. The van der Waals surface area contributed by atoms with Crippen molar-refractivity contribution in [2.24, 2.45) is 0 Å². The number of hydrogen-bond donors (Lipinski definition) is 1. The molecule has 0 bridgehead atoms. The lowest BCUT2D eigenvalue weighted by molar-refractivity contribution is -0.132. The quantitative estimate of drug-likeness (QED) is 0.747. The van der Waals surface area contributed by atoms with Crippen molar-refractivity contribution in [2.75, 3.05) is 38.2 Å². The first-order valence-electron chi connectivity index (χ1n) is 10.1. The monoisotopic (exact) mass is 395 g/mol. The summed E-state index contributed by atoms with van der Waals surface area (Å²) in [5, 5.41) is 2.63. The second kappa shape index (κ2) is 10.5. The Bertz CT molecular complexity index is 804. The predicted molar refractivity (Wildman–Crippen MR) is 114 cm³/mol. The van der Waals surface area contributed by atoms with Crippen LogP contribution in [0.4, 0.5) is 5.69 Å². The summed E-state index contributed by atoms with van der Waals surface area (Å²) in [6.45, 7) is 2.48. The number of carbonyl (C=O) groups excluding carboxylic acids is 2. The fourth-order valence-corrected chi connectivity index (χ4v) is 3.46. The average molecular weight is 396 g/mol. The van der Waals surface area contributed by atoms with Crippen LogP contribution < -0.4 is 15.0 Å². The molecule has 1 aliphatic rings. The summed E-state index contributed by atoms with van der Waals surface area (Å²) in [4.78, 5) is 28.5. The molecular formula is C23H29N3O3. The van der Waals surface area contributed by atoms with Gasteiger partial charge in [-0.1, -0.05) is 36.4 Å². The van der Waals surface area contributed by atoms with Crippen molar-refractivity contribution in [3.63, 3.8) is 0 Å². The van der Waals surface area contributed by atoms with Crippen molar-refractivity contribution < 1.29 is 14.3 Å². The summed E-state index contributed by atoms with van der Waals surface area (Å²) in [5.74, 6) is 0.177. The number of rotatable bonds is 8. The third-order valence-electron chi connectivity index (χ3n) is 5.07. The summed E-state index contributed by atoms with van der Waals surface area (Å²) in [5.41, 5.74) is 2.33. The number of amides is 2. The SMILES string of the molecule is CN(Cc1ccccc1N1CCCCC1)C(=O)CNC(=O)COc1ccccc1. The minimum Gasteiger partial charge on any atom is -0.484 e. The zero-order valence-corrected chi connectivity index (χ0v) is 17.0. The molecule has 1 aliphatic heterocycles. The molecule has 2 aromatic rings. The van der Waals surface area contributed by atoms with E-state index in [1.807, 2.05) is 30.3 Å². The molecule has 1 fully saturated rings. The number of nitrogens with zero attached hydrogens (tertiary/aromatic N) is 2.